The molecule has 20 heavy (non-hydrogen) atoms. The predicted molar refractivity (Wildman–Crippen MR) is 73.4 cm³/mol. The van der Waals surface area contributed by atoms with Crippen LogP contribution in [0.1, 0.15) is 6.92 Å². The highest BCUT2D eigenvalue weighted by atomic mass is 32.2. The van der Waals surface area contributed by atoms with Crippen LogP contribution in [0.4, 0.5) is 3.89 Å². The van der Waals surface area contributed by atoms with Gasteiger partial charge in [0.2, 0.25) is 6.41 Å². The molecule has 1 saturated heterocycles. The summed E-state index contributed by atoms with van der Waals surface area (Å²) < 4.78 is 18.3. The summed E-state index contributed by atoms with van der Waals surface area (Å²) in [5.74, 6) is 0.221. The first-order valence-corrected chi connectivity index (χ1v) is 6.63. The molecule has 0 bridgehead atoms. The number of rotatable bonds is 6. The number of nitrogens with zero attached hydrogens (tertiary/aromatic N) is 2. The Morgan fingerprint density at radius 2 is 2.30 bits per heavy atom. The number of nitrogens with two attached hydrogens (primary N) is 1. The van der Waals surface area contributed by atoms with Gasteiger partial charge in [0.15, 0.2) is 6.23 Å². The van der Waals surface area contributed by atoms with Crippen LogP contribution in [-0.2, 0) is 9.53 Å². The first-order chi connectivity index (χ1) is 9.49. The number of halogens is 1. The van der Waals surface area contributed by atoms with Crippen LogP contribution < -0.4 is 5.73 Å². The second-order valence-electron chi connectivity index (χ2n) is 4.27. The van der Waals surface area contributed by atoms with Gasteiger partial charge in [0.1, 0.15) is 23.3 Å². The molecule has 1 aliphatic rings. The van der Waals surface area contributed by atoms with Crippen LogP contribution in [0.2, 0.25) is 0 Å². The average molecular weight is 307 g/mol. The quantitative estimate of drug-likeness (QED) is 0.343. The second kappa shape index (κ2) is 7.58. The smallest absolute Gasteiger partial charge is 0.215 e. The third kappa shape index (κ3) is 3.48. The summed E-state index contributed by atoms with van der Waals surface area (Å²) in [6, 6.07) is 0. The molecule has 0 aromatic rings. The average Bonchev–Trinajstić information content (AvgIpc) is 2.79. The van der Waals surface area contributed by atoms with E-state index < -0.39 is 30.3 Å². The maximum Gasteiger partial charge on any atom is 0.215 e. The zero-order chi connectivity index (χ0) is 15.3. The molecule has 0 spiro atoms. The molecule has 1 heterocycles. The Bertz CT molecular complexity index is 407. The number of hydrogen-bond acceptors (Lipinski definition) is 6. The number of aliphatic hydroxyl groups excluding tert-OH is 2. The normalized spacial score (nSPS) is 31.4. The summed E-state index contributed by atoms with van der Waals surface area (Å²) in [7, 11) is 1.50. The van der Waals surface area contributed by atoms with E-state index in [4.69, 9.17) is 15.6 Å². The molecule has 4 N–H and O–H groups in total. The van der Waals surface area contributed by atoms with Gasteiger partial charge in [0, 0.05) is 18.8 Å². The minimum absolute atomic E-state index is 0.125. The molecular weight excluding hydrogens is 289 g/mol. The van der Waals surface area contributed by atoms with Gasteiger partial charge in [-0.25, -0.2) is 0 Å². The lowest BCUT2D eigenvalue weighted by molar-refractivity contribution is -0.127. The molecule has 1 amide bonds. The maximum absolute atomic E-state index is 13.0. The van der Waals surface area contributed by atoms with Crippen LogP contribution in [0.25, 0.3) is 0 Å². The monoisotopic (exact) mass is 307 g/mol. The SMILES string of the molecule is CN=C(N)/C(C)=C\N(C=O)C1OC(CO)C(O)C1SF. The van der Waals surface area contributed by atoms with E-state index in [2.05, 4.69) is 4.99 Å². The Hall–Kier alpha value is -1.16. The number of amides is 1. The second-order valence-corrected chi connectivity index (χ2v) is 4.99. The highest BCUT2D eigenvalue weighted by Gasteiger charge is 2.46. The number of carbonyl (C=O) groups excluding carboxylic acids is 1. The molecule has 0 radical (unpaired) electrons. The summed E-state index contributed by atoms with van der Waals surface area (Å²) in [5.41, 5.74) is 6.09. The van der Waals surface area contributed by atoms with Gasteiger partial charge in [0.05, 0.1) is 18.8 Å². The van der Waals surface area contributed by atoms with Crippen molar-refractivity contribution in [2.75, 3.05) is 13.7 Å². The van der Waals surface area contributed by atoms with E-state index in [0.717, 1.165) is 4.90 Å². The fourth-order valence-corrected chi connectivity index (χ4v) is 2.41. The number of aliphatic hydroxyl groups is 2. The minimum Gasteiger partial charge on any atom is -0.394 e. The van der Waals surface area contributed by atoms with Gasteiger partial charge in [-0.15, -0.1) is 0 Å². The zero-order valence-electron chi connectivity index (χ0n) is 11.1. The molecule has 114 valence electrons. The standard InChI is InChI=1S/C11H18FN3O4S/c1-6(10(13)14-2)3-15(5-17)11-9(20-12)8(18)7(4-16)19-11/h3,5,7-9,11,16,18H,4H2,1-2H3,(H2,13,14)/b6-3-. The van der Waals surface area contributed by atoms with E-state index in [0.29, 0.717) is 12.0 Å². The van der Waals surface area contributed by atoms with Crippen molar-refractivity contribution >= 4 is 24.4 Å². The van der Waals surface area contributed by atoms with Gasteiger partial charge in [-0.3, -0.25) is 14.7 Å². The van der Waals surface area contributed by atoms with Crippen LogP contribution in [0, 0.1) is 0 Å². The number of amidine groups is 1. The van der Waals surface area contributed by atoms with Crippen LogP contribution in [0.15, 0.2) is 16.8 Å². The highest BCUT2D eigenvalue weighted by molar-refractivity contribution is 7.95. The third-order valence-corrected chi connectivity index (χ3v) is 3.72. The van der Waals surface area contributed by atoms with Crippen molar-refractivity contribution < 1.29 is 23.6 Å². The van der Waals surface area contributed by atoms with Gasteiger partial charge in [-0.2, -0.15) is 3.89 Å². The molecule has 0 saturated carbocycles. The molecular formula is C11H18FN3O4S. The van der Waals surface area contributed by atoms with Crippen molar-refractivity contribution in [3.05, 3.63) is 11.8 Å². The molecule has 1 rings (SSSR count). The minimum atomic E-state index is -1.21. The maximum atomic E-state index is 13.0. The Morgan fingerprint density at radius 3 is 2.75 bits per heavy atom. The van der Waals surface area contributed by atoms with Crippen LogP contribution in [0.5, 0.6) is 0 Å². The molecule has 0 aliphatic carbocycles. The van der Waals surface area contributed by atoms with Gasteiger partial charge >= 0.3 is 0 Å². The third-order valence-electron chi connectivity index (χ3n) is 3.00. The van der Waals surface area contributed by atoms with Gasteiger partial charge in [-0.1, -0.05) is 0 Å². The molecule has 0 aromatic carbocycles. The molecule has 4 atom stereocenters. The van der Waals surface area contributed by atoms with Crippen LogP contribution in [-0.4, -0.2) is 64.7 Å². The first kappa shape index (κ1) is 16.9. The summed E-state index contributed by atoms with van der Waals surface area (Å²) in [6.07, 6.45) is -1.40. The lowest BCUT2D eigenvalue weighted by Crippen LogP contribution is -2.39. The fourth-order valence-electron chi connectivity index (χ4n) is 1.83. The van der Waals surface area contributed by atoms with Gasteiger partial charge < -0.3 is 20.7 Å². The molecule has 9 heteroatoms. The number of hydrogen-bond donors (Lipinski definition) is 3. The molecule has 0 aromatic heterocycles. The molecule has 1 aliphatic heterocycles. The van der Waals surface area contributed by atoms with E-state index in [1.165, 1.54) is 13.2 Å². The van der Waals surface area contributed by atoms with Crippen LogP contribution >= 0.6 is 12.1 Å². The summed E-state index contributed by atoms with van der Waals surface area (Å²) >= 11 is -0.125. The number of aliphatic imine (C=N–C) groups is 1. The summed E-state index contributed by atoms with van der Waals surface area (Å²) in [6.45, 7) is 1.16. The zero-order valence-corrected chi connectivity index (χ0v) is 12.0. The molecule has 4 unspecified atom stereocenters. The van der Waals surface area contributed by atoms with E-state index in [1.54, 1.807) is 6.92 Å². The highest BCUT2D eigenvalue weighted by Crippen LogP contribution is 2.33. The van der Waals surface area contributed by atoms with E-state index in [1.807, 2.05) is 0 Å². The van der Waals surface area contributed by atoms with Crippen molar-refractivity contribution in [3.63, 3.8) is 0 Å². The van der Waals surface area contributed by atoms with Gasteiger partial charge in [-0.05, 0) is 6.92 Å². The Balaban J connectivity index is 2.97. The van der Waals surface area contributed by atoms with E-state index in [9.17, 15) is 13.8 Å². The van der Waals surface area contributed by atoms with Crippen LogP contribution in [0.3, 0.4) is 0 Å². The van der Waals surface area contributed by atoms with Crippen molar-refractivity contribution in [2.45, 2.75) is 30.6 Å². The van der Waals surface area contributed by atoms with Crippen molar-refractivity contribution in [1.29, 1.82) is 0 Å². The number of ether oxygens (including phenoxy) is 1. The lowest BCUT2D eigenvalue weighted by Gasteiger charge is -2.24. The molecule has 1 fully saturated rings. The Morgan fingerprint density at radius 1 is 1.65 bits per heavy atom. The lowest BCUT2D eigenvalue weighted by atomic mass is 10.2. The topological polar surface area (TPSA) is 108 Å². The summed E-state index contributed by atoms with van der Waals surface area (Å²) in [5, 5.41) is 17.8. The van der Waals surface area contributed by atoms with E-state index >= 15 is 0 Å². The fraction of sp³-hybridized carbons (Fsp3) is 0.636. The van der Waals surface area contributed by atoms with Crippen molar-refractivity contribution in [3.8, 4) is 0 Å². The Labute approximate surface area is 120 Å². The summed E-state index contributed by atoms with van der Waals surface area (Å²) in [4.78, 5) is 16.0. The van der Waals surface area contributed by atoms with Crippen molar-refractivity contribution in [1.82, 2.24) is 4.90 Å². The largest absolute Gasteiger partial charge is 0.394 e. The number of carbonyl (C=O) groups is 1. The van der Waals surface area contributed by atoms with E-state index in [-0.39, 0.29) is 18.0 Å². The molecule has 7 nitrogen and oxygen atoms in total. The predicted octanol–water partition coefficient (Wildman–Crippen LogP) is -0.600. The Kier molecular flexibility index (Phi) is 6.40. The first-order valence-electron chi connectivity index (χ1n) is 5.85. The van der Waals surface area contributed by atoms with Crippen molar-refractivity contribution in [2.24, 2.45) is 10.7 Å². The van der Waals surface area contributed by atoms with Gasteiger partial charge in [0.25, 0.3) is 0 Å².